The first kappa shape index (κ1) is 28.8. The van der Waals surface area contributed by atoms with Gasteiger partial charge in [0.05, 0.1) is 0 Å². The summed E-state index contributed by atoms with van der Waals surface area (Å²) in [4.78, 5) is 0. The predicted molar refractivity (Wildman–Crippen MR) is 140 cm³/mol. The van der Waals surface area contributed by atoms with Gasteiger partial charge in [-0.25, -0.2) is 0 Å². The van der Waals surface area contributed by atoms with Crippen molar-refractivity contribution in [2.24, 2.45) is 0 Å². The molecule has 0 bridgehead atoms. The van der Waals surface area contributed by atoms with E-state index in [-0.39, 0.29) is 29.9 Å². The van der Waals surface area contributed by atoms with Crippen LogP contribution in [0.4, 0.5) is 3.09 Å². The van der Waals surface area contributed by atoms with Crippen molar-refractivity contribution in [1.82, 2.24) is 0 Å². The minimum absolute atomic E-state index is 0. The standard InChI is InChI=1S/C13H22OSi.C13H10.2ClH.FH.Ti/c1-10-7-11(14)9-12(8-10)15(5,6)13(2,3)4;1-3-7-12(8-4-1)11-13-9-5-2-6-10-13;;;;/h7-9,14H,1-6H3;1-10H;3*1H;/q;;;;;+2/p-2. The zero-order valence-electron chi connectivity index (χ0n) is 19.6. The number of hydrogen-bond donors (Lipinski definition) is 0. The topological polar surface area (TPSA) is 9.23 Å². The third-order valence-electron chi connectivity index (χ3n) is 6.18. The van der Waals surface area contributed by atoms with Gasteiger partial charge in [0.2, 0.25) is 0 Å². The molecule has 0 unspecified atom stereocenters. The zero-order valence-corrected chi connectivity index (χ0v) is 23.8. The number of hydrogen-bond acceptors (Lipinski definition) is 1. The summed E-state index contributed by atoms with van der Waals surface area (Å²) < 4.78 is 22.7. The summed E-state index contributed by atoms with van der Waals surface area (Å²) in [6.45, 7) is 13.7. The first-order valence-corrected chi connectivity index (χ1v) is 15.4. The molecule has 0 spiro atoms. The van der Waals surface area contributed by atoms with Gasteiger partial charge < -0.3 is 0 Å². The van der Waals surface area contributed by atoms with E-state index in [4.69, 9.17) is 3.32 Å². The Morgan fingerprint density at radius 2 is 1.28 bits per heavy atom. The summed E-state index contributed by atoms with van der Waals surface area (Å²) in [5.41, 5.74) is 2.93. The summed E-state index contributed by atoms with van der Waals surface area (Å²) in [6, 6.07) is 25.9. The van der Waals surface area contributed by atoms with Gasteiger partial charge in [0.15, 0.2) is 0 Å². The van der Waals surface area contributed by atoms with Crippen molar-refractivity contribution in [3.05, 3.63) is 95.6 Å². The average molecular weight is 527 g/mol. The molecule has 3 aromatic carbocycles. The molecule has 0 aliphatic carbocycles. The Bertz CT molecular complexity index is 1010. The van der Waals surface area contributed by atoms with Crippen LogP contribution in [0.5, 0.6) is 5.75 Å². The first-order chi connectivity index (χ1) is 14.1. The Morgan fingerprint density at radius 1 is 0.812 bits per heavy atom. The summed E-state index contributed by atoms with van der Waals surface area (Å²) in [5.74, 6) is 0.664. The van der Waals surface area contributed by atoms with Gasteiger partial charge in [-0.3, -0.25) is 0 Å². The Kier molecular flexibility index (Phi) is 10.6. The molecule has 32 heavy (non-hydrogen) atoms. The molecule has 0 heterocycles. The van der Waals surface area contributed by atoms with E-state index in [2.05, 4.69) is 52.9 Å². The van der Waals surface area contributed by atoms with Crippen LogP contribution in [-0.2, 0) is 18.3 Å². The molecule has 1 nitrogen and oxygen atoms in total. The molecule has 0 atom stereocenters. The van der Waals surface area contributed by atoms with Crippen LogP contribution in [0, 0.1) is 6.92 Å². The van der Waals surface area contributed by atoms with Gasteiger partial charge in [0.25, 0.3) is 0 Å². The zero-order chi connectivity index (χ0) is 21.9. The van der Waals surface area contributed by atoms with Crippen molar-refractivity contribution < 1.29 is 24.7 Å². The quantitative estimate of drug-likeness (QED) is 0.310. The average Bonchev–Trinajstić information content (AvgIpc) is 2.68. The van der Waals surface area contributed by atoms with Crippen LogP contribution in [0.2, 0.25) is 18.1 Å². The molecular formula is C26H33Cl2FOSiTi. The molecule has 172 valence electrons. The normalized spacial score (nSPS) is 11.1. The van der Waals surface area contributed by atoms with E-state index in [1.807, 2.05) is 66.7 Å². The van der Waals surface area contributed by atoms with E-state index < -0.39 is 26.4 Å². The number of halogens is 3. The smallest absolute Gasteiger partial charge is 0.147 e. The molecule has 0 saturated carbocycles. The van der Waals surface area contributed by atoms with E-state index in [1.165, 1.54) is 5.19 Å². The van der Waals surface area contributed by atoms with Crippen molar-refractivity contribution in [2.45, 2.75) is 45.8 Å². The molecule has 0 amide bonds. The predicted octanol–water partition coefficient (Wildman–Crippen LogP) is 7.62. The molecule has 3 aromatic rings. The Morgan fingerprint density at radius 3 is 1.72 bits per heavy atom. The fraction of sp³-hybridized carbons (Fsp3) is 0.269. The van der Waals surface area contributed by atoms with Crippen LogP contribution in [-0.4, -0.2) is 11.9 Å². The minimum atomic E-state index is -3.53. The van der Waals surface area contributed by atoms with Crippen LogP contribution in [0.1, 0.15) is 37.5 Å². The maximum atomic E-state index is 15.8. The van der Waals surface area contributed by atoms with Gasteiger partial charge in [-0.2, -0.15) is 0 Å². The van der Waals surface area contributed by atoms with E-state index >= 15 is 3.09 Å². The van der Waals surface area contributed by atoms with Gasteiger partial charge >= 0.3 is 189 Å². The van der Waals surface area contributed by atoms with Crippen molar-refractivity contribution in [1.29, 1.82) is 0 Å². The fourth-order valence-corrected chi connectivity index (χ4v) is 7.21. The Labute approximate surface area is 212 Å². The van der Waals surface area contributed by atoms with Crippen LogP contribution in [0.25, 0.3) is 0 Å². The molecular weight excluding hydrogens is 494 g/mol. The molecule has 6 heteroatoms. The largest absolute Gasteiger partial charge is 0.147 e. The van der Waals surface area contributed by atoms with Gasteiger partial charge in [0, 0.05) is 0 Å². The summed E-state index contributed by atoms with van der Waals surface area (Å²) in [6.07, 6.45) is 0. The summed E-state index contributed by atoms with van der Waals surface area (Å²) in [7, 11) is -1.74. The van der Waals surface area contributed by atoms with Crippen molar-refractivity contribution in [2.75, 3.05) is 0 Å². The van der Waals surface area contributed by atoms with Gasteiger partial charge in [-0.15, -0.1) is 24.8 Å². The van der Waals surface area contributed by atoms with Crippen molar-refractivity contribution >= 4 is 41.9 Å². The molecule has 0 aliphatic rings. The van der Waals surface area contributed by atoms with Crippen LogP contribution < -0.4 is 8.51 Å². The molecule has 0 N–H and O–H groups in total. The molecule has 0 aliphatic heterocycles. The summed E-state index contributed by atoms with van der Waals surface area (Å²) in [5, 5.41) is 1.52. The van der Waals surface area contributed by atoms with E-state index in [1.54, 1.807) is 0 Å². The Balaban J connectivity index is 0.00000256. The first-order valence-electron chi connectivity index (χ1n) is 10.4. The van der Waals surface area contributed by atoms with Gasteiger partial charge in [0.1, 0.15) is 0 Å². The number of aryl methyl sites for hydroxylation is 1. The van der Waals surface area contributed by atoms with E-state index in [0.29, 0.717) is 9.56 Å². The van der Waals surface area contributed by atoms with Crippen LogP contribution in [0.3, 0.4) is 0 Å². The van der Waals surface area contributed by atoms with Crippen LogP contribution in [0.15, 0.2) is 78.9 Å². The van der Waals surface area contributed by atoms with Crippen LogP contribution >= 0.6 is 24.8 Å². The number of benzene rings is 3. The second kappa shape index (κ2) is 11.8. The maximum absolute atomic E-state index is 15.8. The second-order valence-corrected chi connectivity index (χ2v) is 16.7. The molecule has 0 aromatic heterocycles. The third-order valence-corrected chi connectivity index (χ3v) is 13.8. The third kappa shape index (κ3) is 6.65. The van der Waals surface area contributed by atoms with Crippen molar-refractivity contribution in [3.63, 3.8) is 0 Å². The fourth-order valence-electron chi connectivity index (χ4n) is 3.36. The number of rotatable bonds is 5. The summed E-state index contributed by atoms with van der Waals surface area (Å²) >= 11 is -3.53. The van der Waals surface area contributed by atoms with Crippen molar-refractivity contribution in [3.8, 4) is 5.75 Å². The Hall–Kier alpha value is -1.23. The second-order valence-electron chi connectivity index (χ2n) is 9.39. The van der Waals surface area contributed by atoms with Gasteiger partial charge in [-0.05, 0) is 0 Å². The van der Waals surface area contributed by atoms with E-state index in [0.717, 1.165) is 16.7 Å². The SMILES string of the molecule is Cc1cc([O][Ti]([F])=[C](c2ccccc2)c2ccccc2)cc([Si](C)(C)C(C)(C)C)c1.Cl.Cl. The molecule has 3 rings (SSSR count). The minimum Gasteiger partial charge on any atom is -0.147 e. The maximum Gasteiger partial charge on any atom is -0.147 e. The molecule has 0 saturated heterocycles. The molecule has 0 fully saturated rings. The van der Waals surface area contributed by atoms with E-state index in [9.17, 15) is 0 Å². The molecule has 0 radical (unpaired) electrons. The van der Waals surface area contributed by atoms with Gasteiger partial charge in [-0.1, -0.05) is 0 Å². The monoisotopic (exact) mass is 526 g/mol.